The highest BCUT2D eigenvalue weighted by Crippen LogP contribution is 1.90. The van der Waals surface area contributed by atoms with Crippen molar-refractivity contribution in [1.82, 2.24) is 5.64 Å². The monoisotopic (exact) mass is 249 g/mol. The Morgan fingerprint density at radius 2 is 1.12 bits per heavy atom. The van der Waals surface area contributed by atoms with Crippen LogP contribution in [-0.4, -0.2) is 38.1 Å². The van der Waals surface area contributed by atoms with Crippen LogP contribution < -0.4 is 5.64 Å². The molecule has 0 amide bonds. The van der Waals surface area contributed by atoms with Gasteiger partial charge < -0.3 is 19.1 Å². The van der Waals surface area contributed by atoms with E-state index in [0.717, 1.165) is 14.2 Å². The number of nitrogens with one attached hydrogen (secondary N) is 1. The number of hydrogen-bond donors (Lipinski definition) is 1. The molecule has 0 aromatic heterocycles. The van der Waals surface area contributed by atoms with Gasteiger partial charge in [-0.2, -0.15) is 0 Å². The molecule has 0 radical (unpaired) electrons. The molecule has 0 aliphatic rings. The van der Waals surface area contributed by atoms with Crippen molar-refractivity contribution < 1.29 is 38.3 Å². The SMILES string of the molecule is COC(=O)CC(=O)ONOC(=O)CC(=O)OC. The quantitative estimate of drug-likeness (QED) is 0.263. The van der Waals surface area contributed by atoms with Crippen molar-refractivity contribution in [3.8, 4) is 0 Å². The predicted molar refractivity (Wildman–Crippen MR) is 48.6 cm³/mol. The molecule has 17 heavy (non-hydrogen) atoms. The van der Waals surface area contributed by atoms with Gasteiger partial charge in [0.1, 0.15) is 12.8 Å². The average Bonchev–Trinajstić information content (AvgIpc) is 2.28. The third kappa shape index (κ3) is 7.73. The summed E-state index contributed by atoms with van der Waals surface area (Å²) in [6.07, 6.45) is -1.28. The highest BCUT2D eigenvalue weighted by Gasteiger charge is 2.14. The molecule has 0 saturated carbocycles. The molecule has 0 saturated heterocycles. The minimum absolute atomic E-state index is 0.641. The Labute approximate surface area is 95.9 Å². The molecule has 0 atom stereocenters. The van der Waals surface area contributed by atoms with Crippen LogP contribution in [0.15, 0.2) is 0 Å². The van der Waals surface area contributed by atoms with Gasteiger partial charge in [-0.15, -0.1) is 0 Å². The number of carbonyl (C=O) groups excluding carboxylic acids is 4. The van der Waals surface area contributed by atoms with Crippen LogP contribution in [0.5, 0.6) is 0 Å². The summed E-state index contributed by atoms with van der Waals surface area (Å²) >= 11 is 0. The van der Waals surface area contributed by atoms with Crippen LogP contribution in [0.1, 0.15) is 12.8 Å². The second-order valence-electron chi connectivity index (χ2n) is 2.54. The summed E-state index contributed by atoms with van der Waals surface area (Å²) < 4.78 is 8.36. The largest absolute Gasteiger partial charge is 0.469 e. The number of ether oxygens (including phenoxy) is 2. The molecule has 9 nitrogen and oxygen atoms in total. The zero-order valence-corrected chi connectivity index (χ0v) is 9.18. The molecule has 0 aromatic rings. The van der Waals surface area contributed by atoms with Gasteiger partial charge in [0.25, 0.3) is 0 Å². The Hall–Kier alpha value is -2.16. The molecule has 0 rings (SSSR count). The molecule has 0 unspecified atom stereocenters. The van der Waals surface area contributed by atoms with Crippen LogP contribution in [0.2, 0.25) is 0 Å². The Bertz CT molecular complexity index is 283. The number of esters is 2. The minimum atomic E-state index is -1.01. The summed E-state index contributed by atoms with van der Waals surface area (Å²) in [7, 11) is 2.19. The lowest BCUT2D eigenvalue weighted by Gasteiger charge is -2.04. The third-order valence-electron chi connectivity index (χ3n) is 1.34. The van der Waals surface area contributed by atoms with Gasteiger partial charge in [0.15, 0.2) is 0 Å². The molecule has 96 valence electrons. The standard InChI is InChI=1S/C8H11NO8/c1-14-5(10)3-7(12)16-9-17-8(13)4-6(11)15-2/h9H,3-4H2,1-2H3. The lowest BCUT2D eigenvalue weighted by Crippen LogP contribution is -2.26. The summed E-state index contributed by atoms with van der Waals surface area (Å²) in [6.45, 7) is 0. The number of hydrogen-bond acceptors (Lipinski definition) is 9. The van der Waals surface area contributed by atoms with Gasteiger partial charge in [-0.05, 0) is 0 Å². The van der Waals surface area contributed by atoms with Gasteiger partial charge in [0.05, 0.1) is 14.2 Å². The third-order valence-corrected chi connectivity index (χ3v) is 1.34. The van der Waals surface area contributed by atoms with E-state index in [-0.39, 0.29) is 0 Å². The van der Waals surface area contributed by atoms with Gasteiger partial charge in [-0.25, -0.2) is 9.59 Å². The highest BCUT2D eigenvalue weighted by atomic mass is 16.9. The van der Waals surface area contributed by atoms with Crippen molar-refractivity contribution >= 4 is 23.9 Å². The molecular weight excluding hydrogens is 238 g/mol. The lowest BCUT2D eigenvalue weighted by molar-refractivity contribution is -0.199. The van der Waals surface area contributed by atoms with Gasteiger partial charge in [0.2, 0.25) is 0 Å². The second kappa shape index (κ2) is 8.05. The maximum Gasteiger partial charge on any atom is 0.340 e. The van der Waals surface area contributed by atoms with E-state index in [9.17, 15) is 19.2 Å². The van der Waals surface area contributed by atoms with Crippen LogP contribution in [-0.2, 0) is 38.3 Å². The van der Waals surface area contributed by atoms with Crippen molar-refractivity contribution in [3.63, 3.8) is 0 Å². The van der Waals surface area contributed by atoms with E-state index >= 15 is 0 Å². The summed E-state index contributed by atoms with van der Waals surface area (Å²) in [6, 6.07) is 0. The Morgan fingerprint density at radius 3 is 1.41 bits per heavy atom. The molecule has 0 aliphatic carbocycles. The fraction of sp³-hybridized carbons (Fsp3) is 0.500. The van der Waals surface area contributed by atoms with E-state index in [1.807, 2.05) is 0 Å². The van der Waals surface area contributed by atoms with E-state index in [2.05, 4.69) is 19.1 Å². The fourth-order valence-electron chi connectivity index (χ4n) is 0.566. The fourth-order valence-corrected chi connectivity index (χ4v) is 0.566. The van der Waals surface area contributed by atoms with Crippen LogP contribution in [0.25, 0.3) is 0 Å². The van der Waals surface area contributed by atoms with Gasteiger partial charge in [0, 0.05) is 5.64 Å². The summed E-state index contributed by atoms with van der Waals surface area (Å²) in [5, 5.41) is 0. The van der Waals surface area contributed by atoms with E-state index in [4.69, 9.17) is 0 Å². The Morgan fingerprint density at radius 1 is 0.765 bits per heavy atom. The van der Waals surface area contributed by atoms with Crippen molar-refractivity contribution in [2.75, 3.05) is 14.2 Å². The molecule has 0 spiro atoms. The van der Waals surface area contributed by atoms with E-state index < -0.39 is 36.7 Å². The first kappa shape index (κ1) is 14.8. The average molecular weight is 249 g/mol. The first-order chi connectivity index (χ1) is 7.99. The summed E-state index contributed by atoms with van der Waals surface area (Å²) in [5.74, 6) is -3.64. The minimum Gasteiger partial charge on any atom is -0.469 e. The van der Waals surface area contributed by atoms with Crippen LogP contribution >= 0.6 is 0 Å². The van der Waals surface area contributed by atoms with E-state index in [0.29, 0.717) is 0 Å². The molecule has 9 heteroatoms. The maximum absolute atomic E-state index is 10.8. The first-order valence-corrected chi connectivity index (χ1v) is 4.27. The molecule has 0 heterocycles. The topological polar surface area (TPSA) is 117 Å². The van der Waals surface area contributed by atoms with Crippen LogP contribution in [0.4, 0.5) is 0 Å². The van der Waals surface area contributed by atoms with Crippen molar-refractivity contribution in [2.24, 2.45) is 0 Å². The smallest absolute Gasteiger partial charge is 0.340 e. The van der Waals surface area contributed by atoms with Gasteiger partial charge in [-0.1, -0.05) is 0 Å². The molecule has 1 N–H and O–H groups in total. The second-order valence-corrected chi connectivity index (χ2v) is 2.54. The summed E-state index contributed by atoms with van der Waals surface area (Å²) in [4.78, 5) is 51.0. The maximum atomic E-state index is 10.8. The Kier molecular flexibility index (Phi) is 7.02. The molecule has 0 bridgehead atoms. The first-order valence-electron chi connectivity index (χ1n) is 4.27. The summed E-state index contributed by atoms with van der Waals surface area (Å²) in [5.41, 5.74) is 1.53. The van der Waals surface area contributed by atoms with Crippen LogP contribution in [0.3, 0.4) is 0 Å². The predicted octanol–water partition coefficient (Wildman–Crippen LogP) is -1.38. The highest BCUT2D eigenvalue weighted by molar-refractivity contribution is 5.91. The lowest BCUT2D eigenvalue weighted by atomic mass is 10.4. The molecule has 0 fully saturated rings. The van der Waals surface area contributed by atoms with Gasteiger partial charge >= 0.3 is 23.9 Å². The zero-order valence-electron chi connectivity index (χ0n) is 9.18. The zero-order chi connectivity index (χ0) is 13.3. The van der Waals surface area contributed by atoms with Crippen molar-refractivity contribution in [2.45, 2.75) is 12.8 Å². The number of rotatable bonds is 6. The van der Waals surface area contributed by atoms with Crippen molar-refractivity contribution in [1.29, 1.82) is 0 Å². The van der Waals surface area contributed by atoms with Crippen LogP contribution in [0, 0.1) is 0 Å². The molecular formula is C8H11NO8. The van der Waals surface area contributed by atoms with Crippen molar-refractivity contribution in [3.05, 3.63) is 0 Å². The van der Waals surface area contributed by atoms with E-state index in [1.54, 1.807) is 0 Å². The van der Waals surface area contributed by atoms with Gasteiger partial charge in [-0.3, -0.25) is 9.59 Å². The number of carbonyl (C=O) groups is 4. The number of methoxy groups -OCH3 is 2. The molecule has 0 aliphatic heterocycles. The normalized spacial score (nSPS) is 9.06. The van der Waals surface area contributed by atoms with E-state index in [1.165, 1.54) is 5.64 Å². The Balaban J connectivity index is 3.69. The molecule has 0 aromatic carbocycles.